The molecule has 0 spiro atoms. The van der Waals surface area contributed by atoms with Crippen LogP contribution in [0.25, 0.3) is 11.0 Å². The van der Waals surface area contributed by atoms with E-state index in [0.717, 1.165) is 22.5 Å². The molecule has 0 saturated carbocycles. The second-order valence-corrected chi connectivity index (χ2v) is 6.34. The zero-order chi connectivity index (χ0) is 17.9. The van der Waals surface area contributed by atoms with Crippen molar-refractivity contribution in [3.05, 3.63) is 36.0 Å². The Morgan fingerprint density at radius 2 is 2.19 bits per heavy atom. The van der Waals surface area contributed by atoms with E-state index in [1.165, 1.54) is 5.56 Å². The predicted octanol–water partition coefficient (Wildman–Crippen LogP) is 2.24. The van der Waals surface area contributed by atoms with Crippen LogP contribution in [0.15, 0.2) is 30.5 Å². The summed E-state index contributed by atoms with van der Waals surface area (Å²) in [5.74, 6) is 1.25. The highest BCUT2D eigenvalue weighted by Crippen LogP contribution is 2.25. The largest absolute Gasteiger partial charge is 0.376 e. The number of benzene rings is 1. The molecule has 4 rings (SSSR count). The molecule has 3 heterocycles. The van der Waals surface area contributed by atoms with Crippen LogP contribution >= 0.6 is 0 Å². The van der Waals surface area contributed by atoms with Gasteiger partial charge >= 0.3 is 0 Å². The van der Waals surface area contributed by atoms with Gasteiger partial charge in [-0.05, 0) is 24.6 Å². The number of aromatic nitrogens is 4. The number of aryl methyl sites for hydroxylation is 2. The topological polar surface area (TPSA) is 86.1 Å². The summed E-state index contributed by atoms with van der Waals surface area (Å²) in [4.78, 5) is 9.22. The summed E-state index contributed by atoms with van der Waals surface area (Å²) in [5.41, 5.74) is 2.92. The van der Waals surface area contributed by atoms with E-state index >= 15 is 0 Å². The number of hydrogen-bond donors (Lipinski definition) is 2. The first-order chi connectivity index (χ1) is 12.7. The van der Waals surface area contributed by atoms with Crippen molar-refractivity contribution in [1.29, 1.82) is 0 Å². The molecule has 26 heavy (non-hydrogen) atoms. The first-order valence-corrected chi connectivity index (χ1v) is 8.66. The zero-order valence-corrected chi connectivity index (χ0v) is 14.9. The molecule has 0 radical (unpaired) electrons. The lowest BCUT2D eigenvalue weighted by molar-refractivity contribution is -0.0819. The lowest BCUT2D eigenvalue weighted by atomic mass is 10.2. The fraction of sp³-hybridized carbons (Fsp3) is 0.389. The van der Waals surface area contributed by atoms with Gasteiger partial charge in [-0.15, -0.1) is 0 Å². The standard InChI is InChI=1S/C18H22N6O2/c1-12-4-3-5-13(8-12)21-16-15-10-20-24(2)17(15)23-18(22-16)19-9-14-11-25-6-7-26-14/h3-5,8,10,14H,6-7,9,11H2,1-2H3,(H2,19,21,22,23). The van der Waals surface area contributed by atoms with Gasteiger partial charge in [0.05, 0.1) is 37.5 Å². The number of hydrogen-bond acceptors (Lipinski definition) is 7. The highest BCUT2D eigenvalue weighted by atomic mass is 16.6. The SMILES string of the molecule is Cc1cccc(Nc2nc(NCC3COCCO3)nc3c2cnn3C)c1. The maximum Gasteiger partial charge on any atom is 0.226 e. The lowest BCUT2D eigenvalue weighted by Gasteiger charge is -2.23. The van der Waals surface area contributed by atoms with Crippen molar-refractivity contribution in [3.63, 3.8) is 0 Å². The smallest absolute Gasteiger partial charge is 0.226 e. The molecule has 0 aliphatic carbocycles. The summed E-state index contributed by atoms with van der Waals surface area (Å²) < 4.78 is 12.8. The maximum absolute atomic E-state index is 5.66. The van der Waals surface area contributed by atoms with Gasteiger partial charge in [-0.1, -0.05) is 12.1 Å². The zero-order valence-electron chi connectivity index (χ0n) is 14.9. The Hall–Kier alpha value is -2.71. The van der Waals surface area contributed by atoms with Gasteiger partial charge in [-0.3, -0.25) is 4.68 Å². The first kappa shape index (κ1) is 16.7. The van der Waals surface area contributed by atoms with Crippen molar-refractivity contribution >= 4 is 28.5 Å². The van der Waals surface area contributed by atoms with E-state index in [-0.39, 0.29) is 6.10 Å². The fourth-order valence-electron chi connectivity index (χ4n) is 2.92. The number of nitrogens with one attached hydrogen (secondary N) is 2. The van der Waals surface area contributed by atoms with Crippen molar-refractivity contribution in [3.8, 4) is 0 Å². The molecule has 2 N–H and O–H groups in total. The molecule has 8 nitrogen and oxygen atoms in total. The Morgan fingerprint density at radius 1 is 1.27 bits per heavy atom. The second-order valence-electron chi connectivity index (χ2n) is 6.34. The molecule has 0 amide bonds. The van der Waals surface area contributed by atoms with Crippen LogP contribution in [0.4, 0.5) is 17.5 Å². The number of ether oxygens (including phenoxy) is 2. The van der Waals surface area contributed by atoms with Crippen LogP contribution in [0.1, 0.15) is 5.56 Å². The van der Waals surface area contributed by atoms with Crippen LogP contribution in [-0.2, 0) is 16.5 Å². The van der Waals surface area contributed by atoms with E-state index in [1.54, 1.807) is 10.9 Å². The lowest BCUT2D eigenvalue weighted by Crippen LogP contribution is -2.34. The summed E-state index contributed by atoms with van der Waals surface area (Å²) in [7, 11) is 1.87. The Balaban J connectivity index is 1.60. The second kappa shape index (κ2) is 7.27. The molecule has 3 aromatic rings. The summed E-state index contributed by atoms with van der Waals surface area (Å²) in [6, 6.07) is 8.16. The van der Waals surface area contributed by atoms with Crippen molar-refractivity contribution in [1.82, 2.24) is 19.7 Å². The van der Waals surface area contributed by atoms with E-state index in [4.69, 9.17) is 9.47 Å². The third-order valence-corrected chi connectivity index (χ3v) is 4.25. The van der Waals surface area contributed by atoms with Crippen LogP contribution in [0, 0.1) is 6.92 Å². The van der Waals surface area contributed by atoms with Crippen molar-refractivity contribution in [2.45, 2.75) is 13.0 Å². The van der Waals surface area contributed by atoms with Gasteiger partial charge in [-0.2, -0.15) is 15.1 Å². The molecule has 1 aliphatic heterocycles. The Bertz CT molecular complexity index is 904. The van der Waals surface area contributed by atoms with E-state index in [2.05, 4.69) is 44.8 Å². The number of anilines is 3. The quantitative estimate of drug-likeness (QED) is 0.727. The molecule has 2 aromatic heterocycles. The van der Waals surface area contributed by atoms with Gasteiger partial charge in [0.2, 0.25) is 5.95 Å². The van der Waals surface area contributed by atoms with Crippen molar-refractivity contribution < 1.29 is 9.47 Å². The van der Waals surface area contributed by atoms with Gasteiger partial charge < -0.3 is 20.1 Å². The molecule has 8 heteroatoms. The van der Waals surface area contributed by atoms with Gasteiger partial charge in [-0.25, -0.2) is 0 Å². The summed E-state index contributed by atoms with van der Waals surface area (Å²) in [5, 5.41) is 11.8. The molecule has 1 saturated heterocycles. The summed E-state index contributed by atoms with van der Waals surface area (Å²) >= 11 is 0. The van der Waals surface area contributed by atoms with Gasteiger partial charge in [0.15, 0.2) is 5.65 Å². The number of nitrogens with zero attached hydrogens (tertiary/aromatic N) is 4. The number of rotatable bonds is 5. The van der Waals surface area contributed by atoms with E-state index in [9.17, 15) is 0 Å². The monoisotopic (exact) mass is 354 g/mol. The third-order valence-electron chi connectivity index (χ3n) is 4.25. The van der Waals surface area contributed by atoms with Gasteiger partial charge in [0.1, 0.15) is 5.82 Å². The van der Waals surface area contributed by atoms with Crippen LogP contribution in [0.3, 0.4) is 0 Å². The van der Waals surface area contributed by atoms with Crippen LogP contribution in [-0.4, -0.2) is 52.2 Å². The minimum absolute atomic E-state index is 0.00256. The maximum atomic E-state index is 5.66. The summed E-state index contributed by atoms with van der Waals surface area (Å²) in [6.07, 6.45) is 1.78. The highest BCUT2D eigenvalue weighted by molar-refractivity contribution is 5.89. The molecule has 0 bridgehead atoms. The van der Waals surface area contributed by atoms with Gasteiger partial charge in [0.25, 0.3) is 0 Å². The molecule has 136 valence electrons. The Morgan fingerprint density at radius 3 is 3.00 bits per heavy atom. The van der Waals surface area contributed by atoms with Crippen molar-refractivity contribution in [2.75, 3.05) is 37.0 Å². The highest BCUT2D eigenvalue weighted by Gasteiger charge is 2.16. The van der Waals surface area contributed by atoms with E-state index < -0.39 is 0 Å². The number of fused-ring (bicyclic) bond motifs is 1. The molecule has 1 unspecified atom stereocenters. The fourth-order valence-corrected chi connectivity index (χ4v) is 2.92. The average Bonchev–Trinajstić information content (AvgIpc) is 3.02. The summed E-state index contributed by atoms with van der Waals surface area (Å²) in [6.45, 7) is 4.50. The molecular formula is C18H22N6O2. The van der Waals surface area contributed by atoms with E-state index in [0.29, 0.717) is 32.3 Å². The molecule has 1 aliphatic rings. The first-order valence-electron chi connectivity index (χ1n) is 8.66. The predicted molar refractivity (Wildman–Crippen MR) is 99.8 cm³/mol. The normalized spacial score (nSPS) is 17.4. The minimum atomic E-state index is 0.00256. The molecule has 1 aromatic carbocycles. The Kier molecular flexibility index (Phi) is 4.68. The Labute approximate surface area is 151 Å². The van der Waals surface area contributed by atoms with Crippen molar-refractivity contribution in [2.24, 2.45) is 7.05 Å². The third kappa shape index (κ3) is 3.61. The minimum Gasteiger partial charge on any atom is -0.376 e. The van der Waals surface area contributed by atoms with E-state index in [1.807, 2.05) is 19.2 Å². The van der Waals surface area contributed by atoms with Crippen LogP contribution in [0.2, 0.25) is 0 Å². The molecule has 1 fully saturated rings. The van der Waals surface area contributed by atoms with Crippen LogP contribution in [0.5, 0.6) is 0 Å². The molecular weight excluding hydrogens is 332 g/mol. The van der Waals surface area contributed by atoms with Crippen LogP contribution < -0.4 is 10.6 Å². The van der Waals surface area contributed by atoms with Gasteiger partial charge in [0, 0.05) is 19.3 Å². The average molecular weight is 354 g/mol. The molecule has 1 atom stereocenters.